The molecule has 0 spiro atoms. The van der Waals surface area contributed by atoms with Crippen LogP contribution in [0.15, 0.2) is 4.42 Å². The van der Waals surface area contributed by atoms with Crippen molar-refractivity contribution in [3.8, 4) is 0 Å². The fourth-order valence-corrected chi connectivity index (χ4v) is 2.60. The summed E-state index contributed by atoms with van der Waals surface area (Å²) in [6.07, 6.45) is 2.33. The van der Waals surface area contributed by atoms with Gasteiger partial charge in [-0.05, 0) is 26.3 Å². The molecule has 1 aliphatic carbocycles. The number of hydrogen-bond donors (Lipinski definition) is 2. The van der Waals surface area contributed by atoms with Crippen molar-refractivity contribution in [2.75, 3.05) is 19.0 Å². The normalized spacial score (nSPS) is 26.1. The summed E-state index contributed by atoms with van der Waals surface area (Å²) in [5, 5.41) is 14.8. The van der Waals surface area contributed by atoms with E-state index in [4.69, 9.17) is 9.15 Å². The smallest absolute Gasteiger partial charge is 0.315 e. The molecule has 1 fully saturated rings. The third-order valence-electron chi connectivity index (χ3n) is 4.27. The van der Waals surface area contributed by atoms with Gasteiger partial charge >= 0.3 is 6.01 Å². The molecular formula is C14H26N4O2. The molecule has 0 amide bonds. The van der Waals surface area contributed by atoms with Gasteiger partial charge in [-0.15, -0.1) is 5.10 Å². The van der Waals surface area contributed by atoms with Crippen LogP contribution in [0.3, 0.4) is 0 Å². The molecule has 20 heavy (non-hydrogen) atoms. The highest BCUT2D eigenvalue weighted by Crippen LogP contribution is 2.43. The van der Waals surface area contributed by atoms with Gasteiger partial charge in [0.05, 0.1) is 12.1 Å². The van der Waals surface area contributed by atoms with Crippen LogP contribution in [0.25, 0.3) is 0 Å². The number of nitrogens with zero attached hydrogens (tertiary/aromatic N) is 2. The molecule has 1 aromatic heterocycles. The van der Waals surface area contributed by atoms with Gasteiger partial charge in [-0.2, -0.15) is 0 Å². The standard InChI is InChI=1S/C14H26N4O2/c1-6-7-15-9(2)12-17-18-13(20-12)16-10-8-11(19-5)14(10,3)4/h9-11,15H,6-8H2,1-5H3,(H,16,18). The minimum absolute atomic E-state index is 0.0788. The molecule has 6 nitrogen and oxygen atoms in total. The van der Waals surface area contributed by atoms with Crippen molar-refractivity contribution in [1.82, 2.24) is 15.5 Å². The van der Waals surface area contributed by atoms with Crippen molar-refractivity contribution in [3.05, 3.63) is 5.89 Å². The molecule has 1 saturated carbocycles. The molecule has 0 aliphatic heterocycles. The van der Waals surface area contributed by atoms with E-state index in [9.17, 15) is 0 Å². The first kappa shape index (κ1) is 15.3. The third kappa shape index (κ3) is 2.96. The van der Waals surface area contributed by atoms with Gasteiger partial charge < -0.3 is 19.8 Å². The average molecular weight is 282 g/mol. The summed E-state index contributed by atoms with van der Waals surface area (Å²) >= 11 is 0. The second-order valence-electron chi connectivity index (χ2n) is 6.10. The van der Waals surface area contributed by atoms with Gasteiger partial charge in [-0.1, -0.05) is 25.9 Å². The minimum Gasteiger partial charge on any atom is -0.406 e. The number of rotatable bonds is 7. The predicted octanol–water partition coefficient (Wildman–Crippen LogP) is 2.36. The lowest BCUT2D eigenvalue weighted by atomic mass is 9.64. The Kier molecular flexibility index (Phi) is 4.65. The lowest BCUT2D eigenvalue weighted by Gasteiger charge is -2.50. The Morgan fingerprint density at radius 3 is 2.80 bits per heavy atom. The highest BCUT2D eigenvalue weighted by Gasteiger charge is 2.49. The molecule has 114 valence electrons. The van der Waals surface area contributed by atoms with E-state index in [2.05, 4.69) is 41.6 Å². The van der Waals surface area contributed by atoms with Gasteiger partial charge in [0.2, 0.25) is 5.89 Å². The topological polar surface area (TPSA) is 72.2 Å². The van der Waals surface area contributed by atoms with Crippen LogP contribution in [-0.4, -0.2) is 36.0 Å². The van der Waals surface area contributed by atoms with Crippen molar-refractivity contribution < 1.29 is 9.15 Å². The van der Waals surface area contributed by atoms with Crippen molar-refractivity contribution in [2.45, 2.75) is 58.7 Å². The number of aromatic nitrogens is 2. The van der Waals surface area contributed by atoms with Crippen LogP contribution >= 0.6 is 0 Å². The fraction of sp³-hybridized carbons (Fsp3) is 0.857. The molecule has 1 aromatic rings. The van der Waals surface area contributed by atoms with Gasteiger partial charge in [0.25, 0.3) is 0 Å². The predicted molar refractivity (Wildman–Crippen MR) is 77.6 cm³/mol. The monoisotopic (exact) mass is 282 g/mol. The first-order valence-electron chi connectivity index (χ1n) is 7.35. The van der Waals surface area contributed by atoms with Gasteiger partial charge in [0.15, 0.2) is 0 Å². The molecule has 3 unspecified atom stereocenters. The zero-order chi connectivity index (χ0) is 14.8. The molecule has 2 N–H and O–H groups in total. The van der Waals surface area contributed by atoms with Crippen molar-refractivity contribution >= 4 is 6.01 Å². The van der Waals surface area contributed by atoms with Crippen LogP contribution in [0.4, 0.5) is 6.01 Å². The molecule has 0 saturated heterocycles. The number of hydrogen-bond acceptors (Lipinski definition) is 6. The van der Waals surface area contributed by atoms with Crippen molar-refractivity contribution in [2.24, 2.45) is 5.41 Å². The first-order chi connectivity index (χ1) is 9.48. The number of ether oxygens (including phenoxy) is 1. The summed E-state index contributed by atoms with van der Waals surface area (Å²) < 4.78 is 11.1. The van der Waals surface area contributed by atoms with E-state index in [1.165, 1.54) is 0 Å². The Morgan fingerprint density at radius 1 is 1.45 bits per heavy atom. The molecule has 6 heteroatoms. The molecule has 0 bridgehead atoms. The molecule has 1 heterocycles. The van der Waals surface area contributed by atoms with Crippen molar-refractivity contribution in [3.63, 3.8) is 0 Å². The summed E-state index contributed by atoms with van der Waals surface area (Å²) in [6, 6.07) is 0.886. The summed E-state index contributed by atoms with van der Waals surface area (Å²) in [4.78, 5) is 0. The Hall–Kier alpha value is -1.14. The number of methoxy groups -OCH3 is 1. The Morgan fingerprint density at radius 2 is 2.20 bits per heavy atom. The lowest BCUT2D eigenvalue weighted by molar-refractivity contribution is -0.0800. The fourth-order valence-electron chi connectivity index (χ4n) is 2.60. The van der Waals surface area contributed by atoms with Gasteiger partial charge in [-0.3, -0.25) is 0 Å². The van der Waals surface area contributed by atoms with Gasteiger partial charge in [0.1, 0.15) is 0 Å². The van der Waals surface area contributed by atoms with Crippen LogP contribution in [0.5, 0.6) is 0 Å². The molecule has 2 rings (SSSR count). The lowest BCUT2D eigenvalue weighted by Crippen LogP contribution is -2.57. The van der Waals surface area contributed by atoms with E-state index >= 15 is 0 Å². The highest BCUT2D eigenvalue weighted by atomic mass is 16.5. The summed E-state index contributed by atoms with van der Waals surface area (Å²) in [5.74, 6) is 0.626. The summed E-state index contributed by atoms with van der Waals surface area (Å²) in [6.45, 7) is 9.47. The third-order valence-corrected chi connectivity index (χ3v) is 4.27. The van der Waals surface area contributed by atoms with Crippen LogP contribution in [0.2, 0.25) is 0 Å². The van der Waals surface area contributed by atoms with E-state index in [1.807, 2.05) is 6.92 Å². The molecular weight excluding hydrogens is 256 g/mol. The minimum atomic E-state index is 0.0788. The van der Waals surface area contributed by atoms with Gasteiger partial charge in [0, 0.05) is 18.6 Å². The Labute approximate surface area is 120 Å². The number of anilines is 1. The molecule has 1 aliphatic rings. The van der Waals surface area contributed by atoms with Crippen LogP contribution in [-0.2, 0) is 4.74 Å². The maximum Gasteiger partial charge on any atom is 0.315 e. The van der Waals surface area contributed by atoms with E-state index in [0.717, 1.165) is 19.4 Å². The highest BCUT2D eigenvalue weighted by molar-refractivity contribution is 5.25. The van der Waals surface area contributed by atoms with E-state index < -0.39 is 0 Å². The second-order valence-corrected chi connectivity index (χ2v) is 6.10. The van der Waals surface area contributed by atoms with Crippen LogP contribution in [0, 0.1) is 5.41 Å². The summed E-state index contributed by atoms with van der Waals surface area (Å²) in [5.41, 5.74) is 0.0788. The molecule has 0 aromatic carbocycles. The van der Waals surface area contributed by atoms with E-state index in [-0.39, 0.29) is 17.6 Å². The maximum atomic E-state index is 5.67. The maximum absolute atomic E-state index is 5.67. The molecule has 3 atom stereocenters. The quantitative estimate of drug-likeness (QED) is 0.800. The average Bonchev–Trinajstić information content (AvgIpc) is 2.89. The second kappa shape index (κ2) is 6.10. The summed E-state index contributed by atoms with van der Waals surface area (Å²) in [7, 11) is 1.76. The van der Waals surface area contributed by atoms with Crippen molar-refractivity contribution in [1.29, 1.82) is 0 Å². The largest absolute Gasteiger partial charge is 0.406 e. The zero-order valence-corrected chi connectivity index (χ0v) is 13.1. The van der Waals surface area contributed by atoms with E-state index in [0.29, 0.717) is 17.9 Å². The number of nitrogens with one attached hydrogen (secondary N) is 2. The first-order valence-corrected chi connectivity index (χ1v) is 7.35. The SMILES string of the molecule is CCCNC(C)c1nnc(NC2CC(OC)C2(C)C)o1. The van der Waals surface area contributed by atoms with Crippen LogP contribution in [0.1, 0.15) is 52.5 Å². The van der Waals surface area contributed by atoms with Crippen LogP contribution < -0.4 is 10.6 Å². The Balaban J connectivity index is 1.91. The molecule has 0 radical (unpaired) electrons. The Bertz CT molecular complexity index is 433. The van der Waals surface area contributed by atoms with Gasteiger partial charge in [-0.25, -0.2) is 0 Å². The zero-order valence-electron chi connectivity index (χ0n) is 13.1. The van der Waals surface area contributed by atoms with E-state index in [1.54, 1.807) is 7.11 Å².